The summed E-state index contributed by atoms with van der Waals surface area (Å²) in [6.45, 7) is 1.72. The first-order valence-electron chi connectivity index (χ1n) is 6.74. The average Bonchev–Trinajstić information content (AvgIpc) is 2.49. The Morgan fingerprint density at radius 3 is 3.15 bits per heavy atom. The Labute approximate surface area is 115 Å². The third-order valence-corrected chi connectivity index (χ3v) is 3.49. The first-order valence-corrected chi connectivity index (χ1v) is 6.74. The van der Waals surface area contributed by atoms with E-state index in [0.29, 0.717) is 5.65 Å². The summed E-state index contributed by atoms with van der Waals surface area (Å²) in [5.41, 5.74) is 0.282. The number of carbonyl (C=O) groups excluding carboxylic acids is 1. The second-order valence-electron chi connectivity index (χ2n) is 4.92. The summed E-state index contributed by atoms with van der Waals surface area (Å²) in [5.74, 6) is -0.352. The van der Waals surface area contributed by atoms with E-state index in [9.17, 15) is 9.59 Å². The summed E-state index contributed by atoms with van der Waals surface area (Å²) in [4.78, 5) is 28.6. The average molecular weight is 272 g/mol. The molecular formula is C14H16N4O2. The quantitative estimate of drug-likeness (QED) is 0.817. The third kappa shape index (κ3) is 2.42. The van der Waals surface area contributed by atoms with Crippen LogP contribution in [0.4, 0.5) is 0 Å². The van der Waals surface area contributed by atoms with E-state index in [2.05, 4.69) is 15.6 Å². The van der Waals surface area contributed by atoms with Crippen molar-refractivity contribution in [3.63, 3.8) is 0 Å². The van der Waals surface area contributed by atoms with Gasteiger partial charge in [0.25, 0.3) is 11.5 Å². The maximum Gasteiger partial charge on any atom is 0.270 e. The van der Waals surface area contributed by atoms with Gasteiger partial charge >= 0.3 is 0 Å². The lowest BCUT2D eigenvalue weighted by atomic mass is 10.1. The smallest absolute Gasteiger partial charge is 0.270 e. The molecule has 1 atom stereocenters. The van der Waals surface area contributed by atoms with E-state index < -0.39 is 0 Å². The molecule has 1 aliphatic heterocycles. The zero-order valence-electron chi connectivity index (χ0n) is 11.0. The van der Waals surface area contributed by atoms with Crippen molar-refractivity contribution in [2.24, 2.45) is 0 Å². The Bertz CT molecular complexity index is 689. The number of carbonyl (C=O) groups is 1. The highest BCUT2D eigenvalue weighted by Gasteiger charge is 2.19. The Hall–Kier alpha value is -2.21. The van der Waals surface area contributed by atoms with Crippen molar-refractivity contribution in [2.75, 3.05) is 13.1 Å². The van der Waals surface area contributed by atoms with Gasteiger partial charge in [-0.1, -0.05) is 6.07 Å². The number of piperidine rings is 1. The third-order valence-electron chi connectivity index (χ3n) is 3.49. The lowest BCUT2D eigenvalue weighted by Gasteiger charge is -2.23. The van der Waals surface area contributed by atoms with Gasteiger partial charge in [-0.3, -0.25) is 14.0 Å². The summed E-state index contributed by atoms with van der Waals surface area (Å²) < 4.78 is 1.38. The van der Waals surface area contributed by atoms with Gasteiger partial charge in [0.15, 0.2) is 0 Å². The van der Waals surface area contributed by atoms with Crippen molar-refractivity contribution in [1.82, 2.24) is 20.0 Å². The maximum atomic E-state index is 12.3. The number of aromatic nitrogens is 2. The highest BCUT2D eigenvalue weighted by molar-refractivity contribution is 5.93. The molecule has 3 heterocycles. The number of pyridine rings is 1. The van der Waals surface area contributed by atoms with Crippen LogP contribution >= 0.6 is 0 Å². The van der Waals surface area contributed by atoms with Gasteiger partial charge in [0, 0.05) is 25.0 Å². The van der Waals surface area contributed by atoms with Gasteiger partial charge in [-0.2, -0.15) is 0 Å². The van der Waals surface area contributed by atoms with Crippen LogP contribution in [0.25, 0.3) is 5.65 Å². The zero-order chi connectivity index (χ0) is 13.9. The van der Waals surface area contributed by atoms with Crippen LogP contribution in [0.1, 0.15) is 23.2 Å². The molecule has 2 N–H and O–H groups in total. The molecule has 0 aromatic carbocycles. The van der Waals surface area contributed by atoms with Crippen molar-refractivity contribution in [3.05, 3.63) is 46.5 Å². The molecule has 0 radical (unpaired) electrons. The number of rotatable bonds is 2. The Morgan fingerprint density at radius 2 is 2.35 bits per heavy atom. The van der Waals surface area contributed by atoms with Crippen molar-refractivity contribution in [3.8, 4) is 0 Å². The normalized spacial score (nSPS) is 18.9. The SMILES string of the molecule is O=C(NC1CCCNC1)c1cnc2ccccn2c1=O. The number of amides is 1. The van der Waals surface area contributed by atoms with Crippen LogP contribution in [0.3, 0.4) is 0 Å². The van der Waals surface area contributed by atoms with Gasteiger partial charge in [-0.15, -0.1) is 0 Å². The molecule has 6 heteroatoms. The van der Waals surface area contributed by atoms with Gasteiger partial charge in [-0.25, -0.2) is 4.98 Å². The molecule has 2 aromatic rings. The highest BCUT2D eigenvalue weighted by Crippen LogP contribution is 2.03. The monoisotopic (exact) mass is 272 g/mol. The van der Waals surface area contributed by atoms with Crippen molar-refractivity contribution in [1.29, 1.82) is 0 Å². The lowest BCUT2D eigenvalue weighted by molar-refractivity contribution is 0.0928. The molecule has 1 fully saturated rings. The molecular weight excluding hydrogens is 256 g/mol. The largest absolute Gasteiger partial charge is 0.348 e. The molecule has 3 rings (SSSR count). The van der Waals surface area contributed by atoms with Crippen LogP contribution in [0.15, 0.2) is 35.4 Å². The van der Waals surface area contributed by atoms with E-state index in [1.54, 1.807) is 24.4 Å². The summed E-state index contributed by atoms with van der Waals surface area (Å²) in [7, 11) is 0. The standard InChI is InChI=1S/C14H16N4O2/c19-13(17-10-4-3-6-15-8-10)11-9-16-12-5-1-2-7-18(12)14(11)20/h1-2,5,7,9-10,15H,3-4,6,8H2,(H,17,19). The molecule has 0 saturated carbocycles. The lowest BCUT2D eigenvalue weighted by Crippen LogP contribution is -2.46. The molecule has 0 spiro atoms. The second kappa shape index (κ2) is 5.42. The van der Waals surface area contributed by atoms with Crippen LogP contribution in [0.2, 0.25) is 0 Å². The predicted octanol–water partition coefficient (Wildman–Crippen LogP) is 0.176. The van der Waals surface area contributed by atoms with Gasteiger partial charge in [-0.05, 0) is 31.5 Å². The van der Waals surface area contributed by atoms with Crippen molar-refractivity contribution in [2.45, 2.75) is 18.9 Å². The summed E-state index contributed by atoms with van der Waals surface area (Å²) >= 11 is 0. The van der Waals surface area contributed by atoms with Crippen molar-refractivity contribution < 1.29 is 4.79 Å². The zero-order valence-corrected chi connectivity index (χ0v) is 11.0. The van der Waals surface area contributed by atoms with Gasteiger partial charge in [0.1, 0.15) is 11.2 Å². The minimum Gasteiger partial charge on any atom is -0.348 e. The molecule has 20 heavy (non-hydrogen) atoms. The Balaban J connectivity index is 1.87. The Kier molecular flexibility index (Phi) is 3.47. The van der Waals surface area contributed by atoms with E-state index in [0.717, 1.165) is 25.9 Å². The van der Waals surface area contributed by atoms with E-state index in [-0.39, 0.29) is 23.1 Å². The van der Waals surface area contributed by atoms with Gasteiger partial charge in [0.05, 0.1) is 0 Å². The van der Waals surface area contributed by atoms with Crippen LogP contribution < -0.4 is 16.2 Å². The molecule has 2 aromatic heterocycles. The number of nitrogens with one attached hydrogen (secondary N) is 2. The first kappa shape index (κ1) is 12.8. The maximum absolute atomic E-state index is 12.3. The van der Waals surface area contributed by atoms with Crippen LogP contribution in [-0.2, 0) is 0 Å². The van der Waals surface area contributed by atoms with E-state index in [1.165, 1.54) is 10.6 Å². The predicted molar refractivity (Wildman–Crippen MR) is 74.8 cm³/mol. The van der Waals surface area contributed by atoms with Crippen LogP contribution in [-0.4, -0.2) is 34.4 Å². The fourth-order valence-electron chi connectivity index (χ4n) is 2.42. The van der Waals surface area contributed by atoms with Gasteiger partial charge in [0.2, 0.25) is 0 Å². The van der Waals surface area contributed by atoms with Crippen LogP contribution in [0.5, 0.6) is 0 Å². The van der Waals surface area contributed by atoms with E-state index in [4.69, 9.17) is 0 Å². The molecule has 0 aliphatic carbocycles. The molecule has 6 nitrogen and oxygen atoms in total. The van der Waals surface area contributed by atoms with Crippen LogP contribution in [0, 0.1) is 0 Å². The van der Waals surface area contributed by atoms with Gasteiger partial charge < -0.3 is 10.6 Å². The summed E-state index contributed by atoms with van der Waals surface area (Å²) in [6, 6.07) is 5.35. The molecule has 1 saturated heterocycles. The molecule has 1 unspecified atom stereocenters. The molecule has 104 valence electrons. The minimum absolute atomic E-state index is 0.0760. The van der Waals surface area contributed by atoms with E-state index in [1.807, 2.05) is 0 Å². The minimum atomic E-state index is -0.352. The van der Waals surface area contributed by atoms with E-state index >= 15 is 0 Å². The highest BCUT2D eigenvalue weighted by atomic mass is 16.2. The molecule has 1 amide bonds. The fraction of sp³-hybridized carbons (Fsp3) is 0.357. The summed E-state index contributed by atoms with van der Waals surface area (Å²) in [5, 5.41) is 6.11. The second-order valence-corrected chi connectivity index (χ2v) is 4.92. The van der Waals surface area contributed by atoms with Crippen molar-refractivity contribution >= 4 is 11.6 Å². The number of fused-ring (bicyclic) bond motifs is 1. The number of hydrogen-bond donors (Lipinski definition) is 2. The summed E-state index contributed by atoms with van der Waals surface area (Å²) in [6.07, 6.45) is 4.92. The Morgan fingerprint density at radius 1 is 1.45 bits per heavy atom. The topological polar surface area (TPSA) is 75.5 Å². The number of hydrogen-bond acceptors (Lipinski definition) is 4. The molecule has 1 aliphatic rings. The first-order chi connectivity index (χ1) is 9.75. The fourth-order valence-corrected chi connectivity index (χ4v) is 2.42. The number of nitrogens with zero attached hydrogens (tertiary/aromatic N) is 2. The molecule has 0 bridgehead atoms.